The van der Waals surface area contributed by atoms with Crippen LogP contribution in [0.1, 0.15) is 30.4 Å². The summed E-state index contributed by atoms with van der Waals surface area (Å²) >= 11 is 5.95. The van der Waals surface area contributed by atoms with E-state index in [1.807, 2.05) is 26.0 Å². The van der Waals surface area contributed by atoms with Crippen LogP contribution in [0.2, 0.25) is 5.02 Å². The second-order valence-electron chi connectivity index (χ2n) is 4.53. The van der Waals surface area contributed by atoms with Gasteiger partial charge in [-0.05, 0) is 49.9 Å². The maximum absolute atomic E-state index is 11.8. The molecule has 0 spiro atoms. The zero-order valence-corrected chi connectivity index (χ0v) is 10.4. The first-order valence-electron chi connectivity index (χ1n) is 5.65. The van der Waals surface area contributed by atoms with E-state index in [1.54, 1.807) is 0 Å². The molecule has 0 bridgehead atoms. The molecule has 16 heavy (non-hydrogen) atoms. The highest BCUT2D eigenvalue weighted by atomic mass is 35.5. The molecule has 0 atom stereocenters. The average molecular weight is 238 g/mol. The summed E-state index contributed by atoms with van der Waals surface area (Å²) in [6.07, 6.45) is 3.23. The normalized spacial score (nSPS) is 15.7. The van der Waals surface area contributed by atoms with Gasteiger partial charge in [-0.15, -0.1) is 0 Å². The van der Waals surface area contributed by atoms with Gasteiger partial charge >= 0.3 is 0 Å². The number of carbonyl (C=O) groups is 1. The predicted octanol–water partition coefficient (Wildman–Crippen LogP) is 3.70. The van der Waals surface area contributed by atoms with Crippen molar-refractivity contribution in [2.75, 3.05) is 5.32 Å². The van der Waals surface area contributed by atoms with Crippen LogP contribution in [0, 0.1) is 19.8 Å². The number of benzene rings is 1. The Morgan fingerprint density at radius 3 is 2.31 bits per heavy atom. The molecule has 0 aromatic heterocycles. The Hall–Kier alpha value is -1.02. The third-order valence-electron chi connectivity index (χ3n) is 3.22. The van der Waals surface area contributed by atoms with E-state index in [0.717, 1.165) is 34.7 Å². The molecule has 0 saturated heterocycles. The zero-order chi connectivity index (χ0) is 11.7. The quantitative estimate of drug-likeness (QED) is 0.835. The number of aryl methyl sites for hydroxylation is 2. The van der Waals surface area contributed by atoms with Crippen LogP contribution in [0.25, 0.3) is 0 Å². The zero-order valence-electron chi connectivity index (χ0n) is 9.64. The molecule has 0 radical (unpaired) electrons. The number of nitrogens with one attached hydrogen (secondary N) is 1. The lowest BCUT2D eigenvalue weighted by atomic mass is 9.84. The molecule has 0 heterocycles. The highest BCUT2D eigenvalue weighted by molar-refractivity contribution is 6.30. The summed E-state index contributed by atoms with van der Waals surface area (Å²) in [5, 5.41) is 3.73. The van der Waals surface area contributed by atoms with Crippen LogP contribution in [-0.2, 0) is 4.79 Å². The molecule has 1 amide bonds. The lowest BCUT2D eigenvalue weighted by molar-refractivity contribution is -0.122. The van der Waals surface area contributed by atoms with Crippen molar-refractivity contribution < 1.29 is 4.79 Å². The summed E-state index contributed by atoms with van der Waals surface area (Å²) in [4.78, 5) is 11.8. The van der Waals surface area contributed by atoms with E-state index in [0.29, 0.717) is 0 Å². The smallest absolute Gasteiger partial charge is 0.227 e. The van der Waals surface area contributed by atoms with Gasteiger partial charge in [-0.25, -0.2) is 0 Å². The van der Waals surface area contributed by atoms with Gasteiger partial charge in [0, 0.05) is 16.6 Å². The van der Waals surface area contributed by atoms with Gasteiger partial charge in [-0.2, -0.15) is 0 Å². The number of amides is 1. The third kappa shape index (κ3) is 2.22. The van der Waals surface area contributed by atoms with Crippen molar-refractivity contribution in [1.29, 1.82) is 0 Å². The number of hydrogen-bond acceptors (Lipinski definition) is 1. The first-order chi connectivity index (χ1) is 7.58. The number of carbonyl (C=O) groups excluding carboxylic acids is 1. The van der Waals surface area contributed by atoms with Crippen LogP contribution in [0.4, 0.5) is 5.69 Å². The Balaban J connectivity index is 2.17. The lowest BCUT2D eigenvalue weighted by Gasteiger charge is -2.25. The molecule has 1 saturated carbocycles. The van der Waals surface area contributed by atoms with Gasteiger partial charge in [-0.3, -0.25) is 4.79 Å². The Morgan fingerprint density at radius 2 is 1.88 bits per heavy atom. The topological polar surface area (TPSA) is 29.1 Å². The summed E-state index contributed by atoms with van der Waals surface area (Å²) in [6, 6.07) is 3.76. The molecule has 1 fully saturated rings. The van der Waals surface area contributed by atoms with Crippen LogP contribution in [0.15, 0.2) is 12.1 Å². The predicted molar refractivity (Wildman–Crippen MR) is 66.9 cm³/mol. The van der Waals surface area contributed by atoms with Crippen molar-refractivity contribution >= 4 is 23.2 Å². The van der Waals surface area contributed by atoms with Gasteiger partial charge in [-0.1, -0.05) is 18.0 Å². The molecule has 1 aromatic rings. The largest absolute Gasteiger partial charge is 0.325 e. The van der Waals surface area contributed by atoms with E-state index < -0.39 is 0 Å². The van der Waals surface area contributed by atoms with Crippen molar-refractivity contribution in [1.82, 2.24) is 0 Å². The average Bonchev–Trinajstić information content (AvgIpc) is 2.08. The Labute approximate surface area is 101 Å². The molecule has 3 heteroatoms. The molecule has 1 aromatic carbocycles. The number of anilines is 1. The van der Waals surface area contributed by atoms with Crippen molar-refractivity contribution in [2.24, 2.45) is 5.92 Å². The number of halogens is 1. The van der Waals surface area contributed by atoms with Crippen LogP contribution in [0.5, 0.6) is 0 Å². The minimum atomic E-state index is 0.153. The molecule has 0 aliphatic heterocycles. The minimum Gasteiger partial charge on any atom is -0.325 e. The summed E-state index contributed by atoms with van der Waals surface area (Å²) < 4.78 is 0. The number of hydrogen-bond donors (Lipinski definition) is 1. The van der Waals surface area contributed by atoms with Gasteiger partial charge in [0.15, 0.2) is 0 Å². The first kappa shape index (κ1) is 11.5. The second-order valence-corrected chi connectivity index (χ2v) is 4.97. The van der Waals surface area contributed by atoms with Crippen LogP contribution < -0.4 is 5.32 Å². The maximum Gasteiger partial charge on any atom is 0.227 e. The summed E-state index contributed by atoms with van der Waals surface area (Å²) in [5.74, 6) is 0.370. The highest BCUT2D eigenvalue weighted by Crippen LogP contribution is 2.30. The fraction of sp³-hybridized carbons (Fsp3) is 0.462. The first-order valence-corrected chi connectivity index (χ1v) is 6.03. The lowest BCUT2D eigenvalue weighted by Crippen LogP contribution is -2.28. The fourth-order valence-corrected chi connectivity index (χ4v) is 2.33. The van der Waals surface area contributed by atoms with Crippen molar-refractivity contribution in [3.63, 3.8) is 0 Å². The number of rotatable bonds is 2. The van der Waals surface area contributed by atoms with E-state index >= 15 is 0 Å². The molecule has 1 aliphatic carbocycles. The van der Waals surface area contributed by atoms with Crippen molar-refractivity contribution in [2.45, 2.75) is 33.1 Å². The van der Waals surface area contributed by atoms with Gasteiger partial charge in [0.25, 0.3) is 0 Å². The second kappa shape index (κ2) is 4.46. The molecule has 2 rings (SSSR count). The van der Waals surface area contributed by atoms with E-state index in [-0.39, 0.29) is 11.8 Å². The molecular formula is C13H16ClNO. The van der Waals surface area contributed by atoms with E-state index in [4.69, 9.17) is 11.6 Å². The molecule has 86 valence electrons. The van der Waals surface area contributed by atoms with Crippen LogP contribution in [-0.4, -0.2) is 5.91 Å². The molecule has 2 nitrogen and oxygen atoms in total. The van der Waals surface area contributed by atoms with Crippen LogP contribution in [0.3, 0.4) is 0 Å². The molecule has 0 unspecified atom stereocenters. The fourth-order valence-electron chi connectivity index (χ4n) is 2.00. The van der Waals surface area contributed by atoms with Crippen molar-refractivity contribution in [3.05, 3.63) is 28.3 Å². The maximum atomic E-state index is 11.8. The Bertz CT molecular complexity index is 401. The summed E-state index contributed by atoms with van der Waals surface area (Å²) in [6.45, 7) is 3.94. The third-order valence-corrected chi connectivity index (χ3v) is 3.44. The molecular weight excluding hydrogens is 222 g/mol. The summed E-state index contributed by atoms with van der Waals surface area (Å²) in [7, 11) is 0. The molecule has 1 aliphatic rings. The highest BCUT2D eigenvalue weighted by Gasteiger charge is 2.25. The van der Waals surface area contributed by atoms with Gasteiger partial charge in [0.2, 0.25) is 5.91 Å². The van der Waals surface area contributed by atoms with E-state index in [1.165, 1.54) is 6.42 Å². The summed E-state index contributed by atoms with van der Waals surface area (Å²) in [5.41, 5.74) is 2.97. The Kier molecular flexibility index (Phi) is 3.20. The standard InChI is InChI=1S/C13H16ClNO/c1-8-6-11(14)7-9(2)12(8)15-13(16)10-4-3-5-10/h6-7,10H,3-5H2,1-2H3,(H,15,16). The van der Waals surface area contributed by atoms with Gasteiger partial charge in [0.1, 0.15) is 0 Å². The molecule has 1 N–H and O–H groups in total. The van der Waals surface area contributed by atoms with E-state index in [9.17, 15) is 4.79 Å². The Morgan fingerprint density at radius 1 is 1.31 bits per heavy atom. The van der Waals surface area contributed by atoms with Crippen LogP contribution >= 0.6 is 11.6 Å². The van der Waals surface area contributed by atoms with E-state index in [2.05, 4.69) is 5.32 Å². The van der Waals surface area contributed by atoms with Gasteiger partial charge < -0.3 is 5.32 Å². The minimum absolute atomic E-state index is 0.153. The van der Waals surface area contributed by atoms with Gasteiger partial charge in [0.05, 0.1) is 0 Å². The SMILES string of the molecule is Cc1cc(Cl)cc(C)c1NC(=O)C1CCC1. The van der Waals surface area contributed by atoms with Crippen molar-refractivity contribution in [3.8, 4) is 0 Å². The monoisotopic (exact) mass is 237 g/mol.